The molecule has 1 saturated heterocycles. The van der Waals surface area contributed by atoms with Crippen molar-refractivity contribution in [2.45, 2.75) is 48.7 Å². The summed E-state index contributed by atoms with van der Waals surface area (Å²) in [5.41, 5.74) is 3.95. The van der Waals surface area contributed by atoms with Crippen LogP contribution < -0.4 is 0 Å². The highest BCUT2D eigenvalue weighted by Gasteiger charge is 2.26. The SMILES string of the molecule is Cc1c(-c2cc(Sc3ncccc3F)c3c(C#N)cnn3c2)cnn1C1CCN([C@H](C)CO)CC1. The minimum atomic E-state index is -0.412. The quantitative estimate of drug-likeness (QED) is 0.434. The Hall–Kier alpha value is -3.26. The van der Waals surface area contributed by atoms with E-state index >= 15 is 0 Å². The Morgan fingerprint density at radius 2 is 2.09 bits per heavy atom. The Kier molecular flexibility index (Phi) is 6.56. The smallest absolute Gasteiger partial charge is 0.155 e. The normalized spacial score (nSPS) is 16.0. The second kappa shape index (κ2) is 9.77. The molecule has 1 atom stereocenters. The summed E-state index contributed by atoms with van der Waals surface area (Å²) in [4.78, 5) is 7.19. The Labute approximate surface area is 207 Å². The van der Waals surface area contributed by atoms with Crippen molar-refractivity contribution in [3.8, 4) is 17.2 Å². The van der Waals surface area contributed by atoms with Gasteiger partial charge in [0.1, 0.15) is 11.1 Å². The van der Waals surface area contributed by atoms with E-state index in [9.17, 15) is 14.8 Å². The van der Waals surface area contributed by atoms with Gasteiger partial charge in [-0.05, 0) is 44.9 Å². The number of hydrogen-bond donors (Lipinski definition) is 1. The monoisotopic (exact) mass is 491 g/mol. The molecule has 0 aliphatic carbocycles. The van der Waals surface area contributed by atoms with Gasteiger partial charge >= 0.3 is 0 Å². The maximum Gasteiger partial charge on any atom is 0.155 e. The fourth-order valence-electron chi connectivity index (χ4n) is 4.70. The number of aliphatic hydroxyl groups excluding tert-OH is 1. The first-order valence-corrected chi connectivity index (χ1v) is 12.4. The van der Waals surface area contributed by atoms with E-state index in [0.29, 0.717) is 22.0 Å². The molecule has 5 rings (SSSR count). The number of piperidine rings is 1. The molecule has 4 aromatic rings. The first-order chi connectivity index (χ1) is 17.0. The van der Waals surface area contributed by atoms with E-state index in [1.165, 1.54) is 24.0 Å². The number of hydrogen-bond acceptors (Lipinski definition) is 7. The van der Waals surface area contributed by atoms with Crippen molar-refractivity contribution >= 4 is 17.3 Å². The van der Waals surface area contributed by atoms with E-state index in [1.54, 1.807) is 16.8 Å². The Bertz CT molecular complexity index is 1400. The van der Waals surface area contributed by atoms with E-state index in [4.69, 9.17) is 5.10 Å². The minimum Gasteiger partial charge on any atom is -0.395 e. The average Bonchev–Trinajstić information content (AvgIpc) is 3.48. The summed E-state index contributed by atoms with van der Waals surface area (Å²) < 4.78 is 18.1. The summed E-state index contributed by atoms with van der Waals surface area (Å²) in [5.74, 6) is -0.412. The number of nitrogens with zero attached hydrogens (tertiary/aromatic N) is 7. The molecular formula is C25H26FN7OS. The molecule has 0 radical (unpaired) electrons. The lowest BCUT2D eigenvalue weighted by Crippen LogP contribution is -2.42. The Balaban J connectivity index is 1.50. The van der Waals surface area contributed by atoms with Gasteiger partial charge in [0.05, 0.1) is 36.1 Å². The van der Waals surface area contributed by atoms with E-state index < -0.39 is 5.82 Å². The maximum absolute atomic E-state index is 14.4. The molecule has 35 heavy (non-hydrogen) atoms. The van der Waals surface area contributed by atoms with Crippen LogP contribution in [0.5, 0.6) is 0 Å². The number of pyridine rings is 2. The van der Waals surface area contributed by atoms with Crippen molar-refractivity contribution in [3.05, 3.63) is 60.1 Å². The van der Waals surface area contributed by atoms with Crippen LogP contribution in [0.1, 0.15) is 37.1 Å². The Morgan fingerprint density at radius 3 is 2.80 bits per heavy atom. The van der Waals surface area contributed by atoms with Crippen molar-refractivity contribution in [2.75, 3.05) is 19.7 Å². The maximum atomic E-state index is 14.4. The third kappa shape index (κ3) is 4.43. The molecule has 180 valence electrons. The van der Waals surface area contributed by atoms with Crippen molar-refractivity contribution in [1.82, 2.24) is 29.3 Å². The molecule has 1 fully saturated rings. The second-order valence-electron chi connectivity index (χ2n) is 8.84. The van der Waals surface area contributed by atoms with Gasteiger partial charge in [0.2, 0.25) is 0 Å². The number of aromatic nitrogens is 5. The van der Waals surface area contributed by atoms with Gasteiger partial charge in [0.15, 0.2) is 5.82 Å². The highest BCUT2D eigenvalue weighted by Crippen LogP contribution is 2.37. The highest BCUT2D eigenvalue weighted by atomic mass is 32.2. The number of likely N-dealkylation sites (tertiary alicyclic amines) is 1. The van der Waals surface area contributed by atoms with Crippen molar-refractivity contribution in [1.29, 1.82) is 5.26 Å². The van der Waals surface area contributed by atoms with Crippen LogP contribution in [-0.2, 0) is 0 Å². The van der Waals surface area contributed by atoms with Crippen molar-refractivity contribution < 1.29 is 9.50 Å². The molecular weight excluding hydrogens is 465 g/mol. The fraction of sp³-hybridized carbons (Fsp3) is 0.360. The van der Waals surface area contributed by atoms with Crippen molar-refractivity contribution in [2.24, 2.45) is 0 Å². The molecule has 8 nitrogen and oxygen atoms in total. The summed E-state index contributed by atoms with van der Waals surface area (Å²) in [6.45, 7) is 6.13. The van der Waals surface area contributed by atoms with Crippen LogP contribution >= 0.6 is 11.8 Å². The molecule has 1 aliphatic rings. The molecule has 0 amide bonds. The first kappa shape index (κ1) is 23.5. The molecule has 0 spiro atoms. The lowest BCUT2D eigenvalue weighted by Gasteiger charge is -2.35. The zero-order chi connectivity index (χ0) is 24.5. The second-order valence-corrected chi connectivity index (χ2v) is 9.87. The van der Waals surface area contributed by atoms with E-state index in [0.717, 1.165) is 42.8 Å². The summed E-state index contributed by atoms with van der Waals surface area (Å²) in [5, 5.41) is 28.4. The molecule has 5 heterocycles. The molecule has 10 heteroatoms. The topological polar surface area (TPSA) is 95.3 Å². The average molecular weight is 492 g/mol. The first-order valence-electron chi connectivity index (χ1n) is 11.6. The number of halogens is 1. The van der Waals surface area contributed by atoms with Gasteiger partial charge in [0.25, 0.3) is 0 Å². The van der Waals surface area contributed by atoms with Crippen LogP contribution in [0.15, 0.2) is 52.9 Å². The van der Waals surface area contributed by atoms with E-state index in [2.05, 4.69) is 32.7 Å². The zero-order valence-electron chi connectivity index (χ0n) is 19.6. The standard InChI is InChI=1S/C25H26FN7OS/c1-16(15-34)31-8-5-20(6-9-31)33-17(2)21(13-30-33)18-10-23(35-25-22(26)4-3-7-28-25)24-19(11-27)12-29-32(24)14-18/h3-4,7,10,12-14,16,20,34H,5-6,8-9,15H2,1-2H3/t16-/m1/s1. The van der Waals surface area contributed by atoms with Gasteiger partial charge in [-0.3, -0.25) is 9.58 Å². The largest absolute Gasteiger partial charge is 0.395 e. The van der Waals surface area contributed by atoms with Crippen LogP contribution in [0.2, 0.25) is 0 Å². The van der Waals surface area contributed by atoms with Crippen LogP contribution in [0.4, 0.5) is 4.39 Å². The molecule has 0 aromatic carbocycles. The predicted molar refractivity (Wildman–Crippen MR) is 131 cm³/mol. The highest BCUT2D eigenvalue weighted by molar-refractivity contribution is 7.99. The summed E-state index contributed by atoms with van der Waals surface area (Å²) >= 11 is 1.18. The third-order valence-corrected chi connectivity index (χ3v) is 7.74. The zero-order valence-corrected chi connectivity index (χ0v) is 20.4. The molecule has 0 saturated carbocycles. The van der Waals surface area contributed by atoms with Crippen LogP contribution in [0.3, 0.4) is 0 Å². The minimum absolute atomic E-state index is 0.168. The van der Waals surface area contributed by atoms with Crippen LogP contribution in [-0.4, -0.2) is 60.1 Å². The van der Waals surface area contributed by atoms with E-state index in [1.807, 2.05) is 25.4 Å². The summed E-state index contributed by atoms with van der Waals surface area (Å²) in [6, 6.07) is 7.52. The van der Waals surface area contributed by atoms with Gasteiger partial charge in [0, 0.05) is 53.2 Å². The van der Waals surface area contributed by atoms with E-state index in [-0.39, 0.29) is 17.7 Å². The summed E-state index contributed by atoms with van der Waals surface area (Å²) in [7, 11) is 0. The molecule has 0 bridgehead atoms. The molecule has 1 aliphatic heterocycles. The van der Waals surface area contributed by atoms with Gasteiger partial charge in [-0.25, -0.2) is 13.9 Å². The fourth-order valence-corrected chi connectivity index (χ4v) is 5.68. The van der Waals surface area contributed by atoms with Gasteiger partial charge in [-0.1, -0.05) is 11.8 Å². The lowest BCUT2D eigenvalue weighted by atomic mass is 10.0. The predicted octanol–water partition coefficient (Wildman–Crippen LogP) is 4.08. The lowest BCUT2D eigenvalue weighted by molar-refractivity contribution is 0.0954. The molecule has 0 unspecified atom stereocenters. The number of nitriles is 1. The molecule has 4 aromatic heterocycles. The van der Waals surface area contributed by atoms with Gasteiger partial charge in [-0.2, -0.15) is 15.5 Å². The van der Waals surface area contributed by atoms with Crippen LogP contribution in [0.25, 0.3) is 16.6 Å². The van der Waals surface area contributed by atoms with Crippen molar-refractivity contribution in [3.63, 3.8) is 0 Å². The number of fused-ring (bicyclic) bond motifs is 1. The number of rotatable bonds is 6. The molecule has 1 N–H and O–H groups in total. The number of aliphatic hydroxyl groups is 1. The Morgan fingerprint density at radius 1 is 1.29 bits per heavy atom. The van der Waals surface area contributed by atoms with Gasteiger partial charge < -0.3 is 5.11 Å². The van der Waals surface area contributed by atoms with Crippen LogP contribution in [0, 0.1) is 24.1 Å². The third-order valence-electron chi connectivity index (χ3n) is 6.72. The summed E-state index contributed by atoms with van der Waals surface area (Å²) in [6.07, 6.45) is 8.76. The van der Waals surface area contributed by atoms with Gasteiger partial charge in [-0.15, -0.1) is 0 Å².